The highest BCUT2D eigenvalue weighted by Crippen LogP contribution is 2.43. The van der Waals surface area contributed by atoms with Crippen LogP contribution in [-0.2, 0) is 27.9 Å². The van der Waals surface area contributed by atoms with E-state index in [2.05, 4.69) is 74.6 Å². The number of phosphoric ester groups is 1. The van der Waals surface area contributed by atoms with Gasteiger partial charge in [-0.05, 0) is 77.0 Å². The molecule has 0 aliphatic heterocycles. The van der Waals surface area contributed by atoms with Crippen molar-refractivity contribution >= 4 is 13.8 Å². The Balaban J connectivity index is 4.19. The van der Waals surface area contributed by atoms with Crippen molar-refractivity contribution in [2.75, 3.05) is 33.0 Å². The smallest absolute Gasteiger partial charge is 0.457 e. The van der Waals surface area contributed by atoms with Gasteiger partial charge in [0.2, 0.25) is 0 Å². The SMILES string of the molecule is CC/C=C\C/C=C\C/C=C\C/C=C\CCCCCOCC(COP(=O)(O)OCCN)OC(=O)CCCCCCC/C=C\CCCCCC. The van der Waals surface area contributed by atoms with Crippen LogP contribution >= 0.6 is 7.82 Å². The number of unbranched alkanes of at least 4 members (excludes halogenated alkanes) is 12. The highest BCUT2D eigenvalue weighted by atomic mass is 31.2. The molecule has 0 bridgehead atoms. The van der Waals surface area contributed by atoms with Crippen molar-refractivity contribution in [1.82, 2.24) is 0 Å². The second-order valence-corrected chi connectivity index (χ2v) is 13.5. The number of carbonyl (C=O) groups is 1. The number of ether oxygens (including phenoxy) is 2. The van der Waals surface area contributed by atoms with Crippen LogP contribution in [0.25, 0.3) is 0 Å². The fraction of sp³-hybridized carbons (Fsp3) is 0.718. The van der Waals surface area contributed by atoms with E-state index in [1.54, 1.807) is 0 Å². The maximum absolute atomic E-state index is 12.5. The van der Waals surface area contributed by atoms with Crippen LogP contribution in [0.5, 0.6) is 0 Å². The van der Waals surface area contributed by atoms with Gasteiger partial charge in [0.1, 0.15) is 6.10 Å². The Kier molecular flexibility index (Phi) is 35.1. The molecule has 2 atom stereocenters. The van der Waals surface area contributed by atoms with Crippen LogP contribution in [-0.4, -0.2) is 49.9 Å². The molecule has 0 aromatic heterocycles. The zero-order valence-corrected chi connectivity index (χ0v) is 31.3. The van der Waals surface area contributed by atoms with Crippen molar-refractivity contribution in [2.45, 2.75) is 148 Å². The quantitative estimate of drug-likeness (QED) is 0.0291. The molecular formula is C39H70NO7P. The lowest BCUT2D eigenvalue weighted by molar-refractivity contribution is -0.154. The molecule has 0 rings (SSSR count). The standard InChI is InChI=1S/C39H70NO7P/c1-3-5-7-9-11-13-15-17-18-19-21-23-25-27-29-31-34-44-36-38(37-46-48(42,43)45-35-33-40)47-39(41)32-30-28-26-24-22-20-16-14-12-10-8-6-4-2/h5,7,11,13-14,16-18,21,23,38H,3-4,6,8-10,12,15,19-20,22,24-37,40H2,1-2H3,(H,42,43)/b7-5-,13-11-,16-14-,18-17-,23-21-. The van der Waals surface area contributed by atoms with Crippen LogP contribution < -0.4 is 5.73 Å². The second kappa shape index (κ2) is 36.5. The van der Waals surface area contributed by atoms with E-state index >= 15 is 0 Å². The lowest BCUT2D eigenvalue weighted by atomic mass is 10.1. The molecule has 8 nitrogen and oxygen atoms in total. The van der Waals surface area contributed by atoms with E-state index < -0.39 is 13.9 Å². The molecule has 48 heavy (non-hydrogen) atoms. The van der Waals surface area contributed by atoms with Gasteiger partial charge in [-0.1, -0.05) is 120 Å². The monoisotopic (exact) mass is 695 g/mol. The molecule has 0 aromatic rings. The Bertz CT molecular complexity index is 916. The van der Waals surface area contributed by atoms with Crippen LogP contribution in [0.15, 0.2) is 60.8 Å². The molecular weight excluding hydrogens is 625 g/mol. The number of carbonyl (C=O) groups excluding carboxylic acids is 1. The second-order valence-electron chi connectivity index (χ2n) is 12.1. The molecule has 2 unspecified atom stereocenters. The highest BCUT2D eigenvalue weighted by molar-refractivity contribution is 7.47. The maximum atomic E-state index is 12.5. The fourth-order valence-corrected chi connectivity index (χ4v) is 5.45. The van der Waals surface area contributed by atoms with E-state index in [9.17, 15) is 14.3 Å². The molecule has 0 amide bonds. The maximum Gasteiger partial charge on any atom is 0.472 e. The zero-order valence-electron chi connectivity index (χ0n) is 30.4. The molecule has 0 aromatic carbocycles. The minimum absolute atomic E-state index is 0.0889. The van der Waals surface area contributed by atoms with Gasteiger partial charge < -0.3 is 20.1 Å². The number of phosphoric acid groups is 1. The first-order chi connectivity index (χ1) is 23.4. The van der Waals surface area contributed by atoms with Crippen LogP contribution in [0.4, 0.5) is 0 Å². The summed E-state index contributed by atoms with van der Waals surface area (Å²) in [6.07, 6.45) is 42.3. The molecule has 0 saturated carbocycles. The van der Waals surface area contributed by atoms with E-state index in [-0.39, 0.29) is 32.3 Å². The van der Waals surface area contributed by atoms with Crippen LogP contribution in [0.1, 0.15) is 142 Å². The molecule has 0 saturated heterocycles. The number of allylic oxidation sites excluding steroid dienone is 10. The minimum atomic E-state index is -4.28. The van der Waals surface area contributed by atoms with Gasteiger partial charge in [0.25, 0.3) is 0 Å². The van der Waals surface area contributed by atoms with Crippen molar-refractivity contribution in [3.05, 3.63) is 60.8 Å². The number of nitrogens with two attached hydrogens (primary N) is 1. The van der Waals surface area contributed by atoms with Gasteiger partial charge in [0.15, 0.2) is 0 Å². The normalized spacial score (nSPS) is 14.3. The summed E-state index contributed by atoms with van der Waals surface area (Å²) in [6.45, 7) is 4.67. The highest BCUT2D eigenvalue weighted by Gasteiger charge is 2.25. The van der Waals surface area contributed by atoms with Gasteiger partial charge in [-0.3, -0.25) is 13.8 Å². The van der Waals surface area contributed by atoms with Crippen molar-refractivity contribution in [1.29, 1.82) is 0 Å². The first-order valence-corrected chi connectivity index (χ1v) is 20.3. The summed E-state index contributed by atoms with van der Waals surface area (Å²) < 4.78 is 33.2. The molecule has 0 aliphatic carbocycles. The molecule has 278 valence electrons. The Morgan fingerprint density at radius 2 is 1.17 bits per heavy atom. The van der Waals surface area contributed by atoms with E-state index in [1.807, 2.05) is 0 Å². The van der Waals surface area contributed by atoms with Crippen LogP contribution in [0, 0.1) is 0 Å². The third-order valence-corrected chi connectivity index (χ3v) is 8.40. The summed E-state index contributed by atoms with van der Waals surface area (Å²) in [5.74, 6) is -0.355. The van der Waals surface area contributed by atoms with Crippen molar-refractivity contribution in [2.24, 2.45) is 5.73 Å². The predicted molar refractivity (Wildman–Crippen MR) is 201 cm³/mol. The summed E-state index contributed by atoms with van der Waals surface area (Å²) in [5, 5.41) is 0. The Hall–Kier alpha value is -1.80. The third kappa shape index (κ3) is 35.5. The van der Waals surface area contributed by atoms with Crippen LogP contribution in [0.3, 0.4) is 0 Å². The predicted octanol–water partition coefficient (Wildman–Crippen LogP) is 10.6. The molecule has 9 heteroatoms. The zero-order chi connectivity index (χ0) is 35.2. The Morgan fingerprint density at radius 3 is 1.77 bits per heavy atom. The molecule has 0 spiro atoms. The Labute approximate surface area is 293 Å². The summed E-state index contributed by atoms with van der Waals surface area (Å²) >= 11 is 0. The topological polar surface area (TPSA) is 117 Å². The summed E-state index contributed by atoms with van der Waals surface area (Å²) in [7, 11) is -4.28. The summed E-state index contributed by atoms with van der Waals surface area (Å²) in [6, 6.07) is 0. The van der Waals surface area contributed by atoms with Gasteiger partial charge in [0.05, 0.1) is 19.8 Å². The van der Waals surface area contributed by atoms with Crippen molar-refractivity contribution in [3.8, 4) is 0 Å². The summed E-state index contributed by atoms with van der Waals surface area (Å²) in [5.41, 5.74) is 5.35. The van der Waals surface area contributed by atoms with Crippen molar-refractivity contribution < 1.29 is 32.8 Å². The van der Waals surface area contributed by atoms with Gasteiger partial charge in [-0.15, -0.1) is 0 Å². The van der Waals surface area contributed by atoms with E-state index in [0.717, 1.165) is 83.5 Å². The molecule has 0 fully saturated rings. The average molecular weight is 696 g/mol. The molecule has 0 radical (unpaired) electrons. The number of esters is 1. The third-order valence-electron chi connectivity index (χ3n) is 7.42. The van der Waals surface area contributed by atoms with Crippen molar-refractivity contribution in [3.63, 3.8) is 0 Å². The molecule has 0 heterocycles. The molecule has 3 N–H and O–H groups in total. The van der Waals surface area contributed by atoms with Gasteiger partial charge in [0, 0.05) is 19.6 Å². The van der Waals surface area contributed by atoms with E-state index in [4.69, 9.17) is 24.3 Å². The lowest BCUT2D eigenvalue weighted by Gasteiger charge is -2.20. The Morgan fingerprint density at radius 1 is 0.646 bits per heavy atom. The van der Waals surface area contributed by atoms with Gasteiger partial charge >= 0.3 is 13.8 Å². The number of hydrogen-bond acceptors (Lipinski definition) is 7. The van der Waals surface area contributed by atoms with Crippen LogP contribution in [0.2, 0.25) is 0 Å². The average Bonchev–Trinajstić information content (AvgIpc) is 3.07. The van der Waals surface area contributed by atoms with Gasteiger partial charge in [-0.2, -0.15) is 0 Å². The lowest BCUT2D eigenvalue weighted by Crippen LogP contribution is -2.28. The molecule has 0 aliphatic rings. The van der Waals surface area contributed by atoms with Gasteiger partial charge in [-0.25, -0.2) is 4.57 Å². The first kappa shape index (κ1) is 46.2. The summed E-state index contributed by atoms with van der Waals surface area (Å²) in [4.78, 5) is 22.4. The number of hydrogen-bond donors (Lipinski definition) is 2. The minimum Gasteiger partial charge on any atom is -0.457 e. The fourth-order valence-electron chi connectivity index (χ4n) is 4.69. The van der Waals surface area contributed by atoms with E-state index in [1.165, 1.54) is 38.5 Å². The van der Waals surface area contributed by atoms with E-state index in [0.29, 0.717) is 13.0 Å². The first-order valence-electron chi connectivity index (χ1n) is 18.8. The number of rotatable bonds is 35. The largest absolute Gasteiger partial charge is 0.472 e.